The Balaban J connectivity index is 2.34. The fourth-order valence-electron chi connectivity index (χ4n) is 2.39. The molecular weight excluding hydrogens is 284 g/mol. The number of aromatic nitrogens is 3. The Morgan fingerprint density at radius 2 is 2.00 bits per heavy atom. The highest BCUT2D eigenvalue weighted by molar-refractivity contribution is 7.99. The van der Waals surface area contributed by atoms with E-state index >= 15 is 0 Å². The minimum absolute atomic E-state index is 0.463. The molecule has 6 nitrogen and oxygen atoms in total. The van der Waals surface area contributed by atoms with Gasteiger partial charge < -0.3 is 15.1 Å². The summed E-state index contributed by atoms with van der Waals surface area (Å²) in [7, 11) is 0. The van der Waals surface area contributed by atoms with Gasteiger partial charge in [0.15, 0.2) is 0 Å². The van der Waals surface area contributed by atoms with E-state index in [4.69, 9.17) is 4.98 Å². The predicted octanol–water partition coefficient (Wildman–Crippen LogP) is 2.09. The lowest BCUT2D eigenvalue weighted by Crippen LogP contribution is -2.42. The van der Waals surface area contributed by atoms with Crippen molar-refractivity contribution in [3.05, 3.63) is 0 Å². The maximum Gasteiger partial charge on any atom is 0.232 e. The van der Waals surface area contributed by atoms with E-state index in [-0.39, 0.29) is 0 Å². The van der Waals surface area contributed by atoms with Gasteiger partial charge in [0, 0.05) is 43.7 Å². The lowest BCUT2D eigenvalue weighted by atomic mass is 10.3. The zero-order valence-electron chi connectivity index (χ0n) is 13.5. The van der Waals surface area contributed by atoms with Crippen LogP contribution in [-0.4, -0.2) is 58.7 Å². The van der Waals surface area contributed by atoms with E-state index in [1.165, 1.54) is 0 Å². The van der Waals surface area contributed by atoms with Crippen molar-refractivity contribution >= 4 is 29.6 Å². The maximum absolute atomic E-state index is 4.71. The monoisotopic (exact) mass is 310 g/mol. The van der Waals surface area contributed by atoms with Crippen LogP contribution >= 0.6 is 11.8 Å². The van der Waals surface area contributed by atoms with Gasteiger partial charge >= 0.3 is 0 Å². The highest BCUT2D eigenvalue weighted by atomic mass is 32.2. The summed E-state index contributed by atoms with van der Waals surface area (Å²) in [6.45, 7) is 12.2. The Morgan fingerprint density at radius 3 is 2.62 bits per heavy atom. The van der Waals surface area contributed by atoms with E-state index in [0.29, 0.717) is 12.0 Å². The van der Waals surface area contributed by atoms with Crippen LogP contribution in [0.4, 0.5) is 17.8 Å². The zero-order chi connectivity index (χ0) is 15.2. The third-order valence-corrected chi connectivity index (χ3v) is 4.81. The first kappa shape index (κ1) is 16.1. The number of nitrogens with one attached hydrogen (secondary N) is 1. The van der Waals surface area contributed by atoms with Gasteiger partial charge in [0.2, 0.25) is 17.8 Å². The van der Waals surface area contributed by atoms with Gasteiger partial charge in [0.25, 0.3) is 0 Å². The second-order valence-corrected chi connectivity index (χ2v) is 6.23. The van der Waals surface area contributed by atoms with E-state index in [2.05, 4.69) is 52.8 Å². The molecule has 0 spiro atoms. The second kappa shape index (κ2) is 7.68. The molecule has 0 radical (unpaired) electrons. The molecule has 21 heavy (non-hydrogen) atoms. The van der Waals surface area contributed by atoms with E-state index in [0.717, 1.165) is 49.6 Å². The lowest BCUT2D eigenvalue weighted by molar-refractivity contribution is 0.672. The fourth-order valence-corrected chi connectivity index (χ4v) is 3.41. The summed E-state index contributed by atoms with van der Waals surface area (Å²) in [5, 5.41) is 3.22. The zero-order valence-corrected chi connectivity index (χ0v) is 14.3. The van der Waals surface area contributed by atoms with Gasteiger partial charge in [-0.3, -0.25) is 0 Å². The Kier molecular flexibility index (Phi) is 5.90. The molecule has 0 aliphatic carbocycles. The first-order chi connectivity index (χ1) is 10.2. The van der Waals surface area contributed by atoms with Crippen molar-refractivity contribution in [2.45, 2.75) is 33.7 Å². The Morgan fingerprint density at radius 1 is 1.24 bits per heavy atom. The van der Waals surface area contributed by atoms with Crippen LogP contribution < -0.4 is 15.1 Å². The summed E-state index contributed by atoms with van der Waals surface area (Å²) in [5.74, 6) is 4.51. The van der Waals surface area contributed by atoms with Crippen molar-refractivity contribution in [3.63, 3.8) is 0 Å². The summed E-state index contributed by atoms with van der Waals surface area (Å²) in [6.07, 6.45) is 0. The van der Waals surface area contributed by atoms with Crippen molar-refractivity contribution in [3.8, 4) is 0 Å². The molecule has 0 bridgehead atoms. The summed E-state index contributed by atoms with van der Waals surface area (Å²) >= 11 is 2.00. The highest BCUT2D eigenvalue weighted by Gasteiger charge is 2.23. The van der Waals surface area contributed by atoms with Gasteiger partial charge in [-0.1, -0.05) is 0 Å². The molecule has 1 aliphatic rings. The number of rotatable bonds is 6. The third kappa shape index (κ3) is 3.90. The number of nitrogens with zero attached hydrogens (tertiary/aromatic N) is 5. The number of anilines is 3. The Bertz CT molecular complexity index is 451. The van der Waals surface area contributed by atoms with Crippen LogP contribution in [0.5, 0.6) is 0 Å². The van der Waals surface area contributed by atoms with E-state index in [1.807, 2.05) is 11.8 Å². The van der Waals surface area contributed by atoms with Gasteiger partial charge in [-0.2, -0.15) is 26.7 Å². The molecule has 1 atom stereocenters. The van der Waals surface area contributed by atoms with Crippen LogP contribution in [0.1, 0.15) is 27.7 Å². The van der Waals surface area contributed by atoms with Crippen molar-refractivity contribution in [1.29, 1.82) is 0 Å². The third-order valence-electron chi connectivity index (χ3n) is 3.62. The number of hydrogen-bond donors (Lipinski definition) is 1. The van der Waals surface area contributed by atoms with Gasteiger partial charge in [0.1, 0.15) is 0 Å². The quantitative estimate of drug-likeness (QED) is 0.863. The van der Waals surface area contributed by atoms with Crippen LogP contribution in [0.15, 0.2) is 0 Å². The van der Waals surface area contributed by atoms with Crippen molar-refractivity contribution in [2.24, 2.45) is 0 Å². The standard InChI is InChI=1S/C14H26N6S/c1-5-15-12-16-13(19(6-2)7-3)18-14(17-12)20-8-9-21-10-11(20)4/h11H,5-10H2,1-4H3,(H,15,16,17,18). The number of thioether (sulfide) groups is 1. The minimum Gasteiger partial charge on any atom is -0.354 e. The average Bonchev–Trinajstić information content (AvgIpc) is 2.49. The van der Waals surface area contributed by atoms with Crippen molar-refractivity contribution in [2.75, 3.05) is 52.8 Å². The molecule has 1 unspecified atom stereocenters. The molecule has 1 aliphatic heterocycles. The molecule has 0 aromatic carbocycles. The summed E-state index contributed by atoms with van der Waals surface area (Å²) in [6, 6.07) is 0.463. The molecule has 1 fully saturated rings. The Labute approximate surface area is 131 Å². The van der Waals surface area contributed by atoms with Crippen LogP contribution in [-0.2, 0) is 0 Å². The van der Waals surface area contributed by atoms with Crippen LogP contribution in [0.25, 0.3) is 0 Å². The molecule has 1 aromatic heterocycles. The summed E-state index contributed by atoms with van der Waals surface area (Å²) in [5.41, 5.74) is 0. The minimum atomic E-state index is 0.463. The first-order valence-corrected chi connectivity index (χ1v) is 8.94. The van der Waals surface area contributed by atoms with Gasteiger partial charge in [0.05, 0.1) is 0 Å². The highest BCUT2D eigenvalue weighted by Crippen LogP contribution is 2.23. The van der Waals surface area contributed by atoms with Gasteiger partial charge in [-0.05, 0) is 27.7 Å². The largest absolute Gasteiger partial charge is 0.354 e. The van der Waals surface area contributed by atoms with Crippen LogP contribution in [0, 0.1) is 0 Å². The second-order valence-electron chi connectivity index (χ2n) is 5.08. The first-order valence-electron chi connectivity index (χ1n) is 7.78. The topological polar surface area (TPSA) is 57.2 Å². The molecule has 2 heterocycles. The molecule has 1 N–H and O–H groups in total. The van der Waals surface area contributed by atoms with E-state index in [1.54, 1.807) is 0 Å². The SMILES string of the molecule is CCNc1nc(N(CC)CC)nc(N2CCSCC2C)n1. The van der Waals surface area contributed by atoms with Crippen LogP contribution in [0.3, 0.4) is 0 Å². The molecule has 0 amide bonds. The molecule has 1 saturated heterocycles. The smallest absolute Gasteiger partial charge is 0.232 e. The molecule has 118 valence electrons. The molecular formula is C14H26N6S. The summed E-state index contributed by atoms with van der Waals surface area (Å²) < 4.78 is 0. The molecule has 1 aromatic rings. The fraction of sp³-hybridized carbons (Fsp3) is 0.786. The Hall–Kier alpha value is -1.24. The predicted molar refractivity (Wildman–Crippen MR) is 91.7 cm³/mol. The normalized spacial score (nSPS) is 18.7. The molecule has 7 heteroatoms. The van der Waals surface area contributed by atoms with Crippen LogP contribution in [0.2, 0.25) is 0 Å². The van der Waals surface area contributed by atoms with Gasteiger partial charge in [-0.25, -0.2) is 0 Å². The van der Waals surface area contributed by atoms with E-state index < -0.39 is 0 Å². The van der Waals surface area contributed by atoms with Gasteiger partial charge in [-0.15, -0.1) is 0 Å². The summed E-state index contributed by atoms with van der Waals surface area (Å²) in [4.78, 5) is 18.3. The molecule has 2 rings (SSSR count). The lowest BCUT2D eigenvalue weighted by Gasteiger charge is -2.33. The average molecular weight is 310 g/mol. The van der Waals surface area contributed by atoms with Crippen molar-refractivity contribution in [1.82, 2.24) is 15.0 Å². The maximum atomic E-state index is 4.71. The van der Waals surface area contributed by atoms with Crippen molar-refractivity contribution < 1.29 is 0 Å². The molecule has 0 saturated carbocycles. The number of hydrogen-bond acceptors (Lipinski definition) is 7. The van der Waals surface area contributed by atoms with E-state index in [9.17, 15) is 0 Å².